The van der Waals surface area contributed by atoms with E-state index in [0.29, 0.717) is 29.5 Å². The van der Waals surface area contributed by atoms with Crippen LogP contribution in [0.15, 0.2) is 12.2 Å². The molecule has 0 unspecified atom stereocenters. The zero-order chi connectivity index (χ0) is 12.0. The zero-order valence-corrected chi connectivity index (χ0v) is 11.1. The van der Waals surface area contributed by atoms with Crippen LogP contribution in [0.4, 0.5) is 0 Å². The number of allylic oxidation sites excluding steroid dienone is 2. The van der Waals surface area contributed by atoms with Crippen molar-refractivity contribution in [3.05, 3.63) is 12.2 Å². The normalized spacial score (nSPS) is 48.9. The standard InChI is InChI=1S/C16H24O/c1-3-12-10(2)8-14-13-7-5-4-6-11(13)9-15(17)16(12)14/h5,7,10-14,16H,3-4,6,8-9H2,1-2H3/t10-,11+,12+,13+,14+,16-/m1/s1. The Labute approximate surface area is 105 Å². The van der Waals surface area contributed by atoms with Crippen molar-refractivity contribution in [2.24, 2.45) is 35.5 Å². The summed E-state index contributed by atoms with van der Waals surface area (Å²) in [5.74, 6) is 4.51. The first-order valence-corrected chi connectivity index (χ1v) is 7.41. The third-order valence-electron chi connectivity index (χ3n) is 5.71. The Morgan fingerprint density at radius 1 is 1.41 bits per heavy atom. The molecule has 0 aromatic carbocycles. The summed E-state index contributed by atoms with van der Waals surface area (Å²) in [6.45, 7) is 4.63. The number of hydrogen-bond acceptors (Lipinski definition) is 1. The molecule has 0 aromatic rings. The average molecular weight is 232 g/mol. The Hall–Kier alpha value is -0.590. The number of rotatable bonds is 1. The van der Waals surface area contributed by atoms with Gasteiger partial charge in [-0.2, -0.15) is 0 Å². The van der Waals surface area contributed by atoms with E-state index in [0.717, 1.165) is 18.3 Å². The third-order valence-corrected chi connectivity index (χ3v) is 5.71. The summed E-state index contributed by atoms with van der Waals surface area (Å²) >= 11 is 0. The van der Waals surface area contributed by atoms with E-state index in [-0.39, 0.29) is 0 Å². The number of Topliss-reactive ketones (excluding diaryl/α,β-unsaturated/α-hetero) is 1. The topological polar surface area (TPSA) is 17.1 Å². The molecule has 0 amide bonds. The van der Waals surface area contributed by atoms with Gasteiger partial charge >= 0.3 is 0 Å². The molecule has 0 aliphatic heterocycles. The molecule has 0 bridgehead atoms. The summed E-state index contributed by atoms with van der Waals surface area (Å²) in [5, 5.41) is 0. The van der Waals surface area contributed by atoms with E-state index in [4.69, 9.17) is 0 Å². The highest BCUT2D eigenvalue weighted by Crippen LogP contribution is 2.54. The second-order valence-electron chi connectivity index (χ2n) is 6.49. The fraction of sp³-hybridized carbons (Fsp3) is 0.812. The van der Waals surface area contributed by atoms with Crippen molar-refractivity contribution >= 4 is 5.78 Å². The fourth-order valence-electron chi connectivity index (χ4n) is 4.99. The van der Waals surface area contributed by atoms with Gasteiger partial charge in [-0.25, -0.2) is 0 Å². The second kappa shape index (κ2) is 4.26. The van der Waals surface area contributed by atoms with E-state index in [9.17, 15) is 4.79 Å². The van der Waals surface area contributed by atoms with E-state index in [1.807, 2.05) is 0 Å². The zero-order valence-electron chi connectivity index (χ0n) is 11.1. The average Bonchev–Trinajstić information content (AvgIpc) is 2.66. The molecule has 3 rings (SSSR count). The van der Waals surface area contributed by atoms with Gasteiger partial charge in [-0.15, -0.1) is 0 Å². The minimum Gasteiger partial charge on any atom is -0.299 e. The molecule has 0 spiro atoms. The molecule has 6 atom stereocenters. The summed E-state index contributed by atoms with van der Waals surface area (Å²) in [5.41, 5.74) is 0. The fourth-order valence-corrected chi connectivity index (χ4v) is 4.99. The molecule has 0 heterocycles. The SMILES string of the molecule is CC[C@@H]1[C@H]2C(=O)C[C@@H]3CCC=C[C@@H]3[C@@H]2C[C@H]1C. The summed E-state index contributed by atoms with van der Waals surface area (Å²) in [6.07, 6.45) is 10.6. The van der Waals surface area contributed by atoms with Crippen LogP contribution >= 0.6 is 0 Å². The molecule has 1 heteroatoms. The summed E-state index contributed by atoms with van der Waals surface area (Å²) in [4.78, 5) is 12.4. The summed E-state index contributed by atoms with van der Waals surface area (Å²) in [7, 11) is 0. The van der Waals surface area contributed by atoms with Gasteiger partial charge in [0.25, 0.3) is 0 Å². The maximum absolute atomic E-state index is 12.4. The van der Waals surface area contributed by atoms with Crippen molar-refractivity contribution in [1.82, 2.24) is 0 Å². The first-order chi connectivity index (χ1) is 8.22. The second-order valence-corrected chi connectivity index (χ2v) is 6.49. The van der Waals surface area contributed by atoms with E-state index in [1.54, 1.807) is 0 Å². The lowest BCUT2D eigenvalue weighted by atomic mass is 9.63. The highest BCUT2D eigenvalue weighted by Gasteiger charge is 2.51. The smallest absolute Gasteiger partial charge is 0.136 e. The van der Waals surface area contributed by atoms with Crippen LogP contribution in [0.3, 0.4) is 0 Å². The Kier molecular flexibility index (Phi) is 2.88. The predicted molar refractivity (Wildman–Crippen MR) is 69.5 cm³/mol. The van der Waals surface area contributed by atoms with Gasteiger partial charge < -0.3 is 0 Å². The molecule has 94 valence electrons. The van der Waals surface area contributed by atoms with Crippen molar-refractivity contribution in [3.8, 4) is 0 Å². The molecule has 0 aromatic heterocycles. The number of hydrogen-bond donors (Lipinski definition) is 0. The molecule has 17 heavy (non-hydrogen) atoms. The number of fused-ring (bicyclic) bond motifs is 3. The van der Waals surface area contributed by atoms with Crippen LogP contribution in [0.2, 0.25) is 0 Å². The third kappa shape index (κ3) is 1.70. The van der Waals surface area contributed by atoms with Crippen LogP contribution in [0.5, 0.6) is 0 Å². The highest BCUT2D eigenvalue weighted by atomic mass is 16.1. The van der Waals surface area contributed by atoms with Crippen LogP contribution in [-0.2, 0) is 4.79 Å². The summed E-state index contributed by atoms with van der Waals surface area (Å²) < 4.78 is 0. The Balaban J connectivity index is 1.91. The van der Waals surface area contributed by atoms with Gasteiger partial charge in [0.15, 0.2) is 0 Å². The van der Waals surface area contributed by atoms with E-state index < -0.39 is 0 Å². The molecule has 3 aliphatic carbocycles. The lowest BCUT2D eigenvalue weighted by Crippen LogP contribution is -2.40. The molecule has 0 radical (unpaired) electrons. The molecular formula is C16H24O. The largest absolute Gasteiger partial charge is 0.299 e. The van der Waals surface area contributed by atoms with Crippen LogP contribution in [0, 0.1) is 35.5 Å². The van der Waals surface area contributed by atoms with Gasteiger partial charge in [-0.3, -0.25) is 4.79 Å². The number of ketones is 1. The van der Waals surface area contributed by atoms with Gasteiger partial charge in [-0.05, 0) is 48.9 Å². The minimum absolute atomic E-state index is 0.402. The molecule has 0 N–H and O–H groups in total. The number of carbonyl (C=O) groups is 1. The van der Waals surface area contributed by atoms with Crippen molar-refractivity contribution in [2.75, 3.05) is 0 Å². The quantitative estimate of drug-likeness (QED) is 0.628. The van der Waals surface area contributed by atoms with Gasteiger partial charge in [0, 0.05) is 12.3 Å². The molecule has 1 nitrogen and oxygen atoms in total. The van der Waals surface area contributed by atoms with E-state index in [2.05, 4.69) is 26.0 Å². The van der Waals surface area contributed by atoms with Crippen molar-refractivity contribution < 1.29 is 4.79 Å². The lowest BCUT2D eigenvalue weighted by Gasteiger charge is -2.40. The van der Waals surface area contributed by atoms with Gasteiger partial charge in [-0.1, -0.05) is 32.4 Å². The molecular weight excluding hydrogens is 208 g/mol. The predicted octanol–water partition coefficient (Wildman–Crippen LogP) is 3.84. The van der Waals surface area contributed by atoms with E-state index >= 15 is 0 Å². The summed E-state index contributed by atoms with van der Waals surface area (Å²) in [6, 6.07) is 0. The Bertz CT molecular complexity index is 343. The monoisotopic (exact) mass is 232 g/mol. The van der Waals surface area contributed by atoms with Crippen molar-refractivity contribution in [1.29, 1.82) is 0 Å². The number of carbonyl (C=O) groups excluding carboxylic acids is 1. The van der Waals surface area contributed by atoms with Crippen LogP contribution in [-0.4, -0.2) is 5.78 Å². The van der Waals surface area contributed by atoms with Gasteiger partial charge in [0.2, 0.25) is 0 Å². The molecule has 0 saturated heterocycles. The molecule has 3 aliphatic rings. The van der Waals surface area contributed by atoms with Gasteiger partial charge in [0.05, 0.1) is 0 Å². The van der Waals surface area contributed by atoms with Crippen LogP contribution in [0.1, 0.15) is 46.0 Å². The van der Waals surface area contributed by atoms with Crippen LogP contribution < -0.4 is 0 Å². The Morgan fingerprint density at radius 2 is 2.24 bits per heavy atom. The maximum Gasteiger partial charge on any atom is 0.136 e. The van der Waals surface area contributed by atoms with Gasteiger partial charge in [0.1, 0.15) is 5.78 Å². The first-order valence-electron chi connectivity index (χ1n) is 7.41. The van der Waals surface area contributed by atoms with Crippen molar-refractivity contribution in [3.63, 3.8) is 0 Å². The maximum atomic E-state index is 12.4. The van der Waals surface area contributed by atoms with Crippen molar-refractivity contribution in [2.45, 2.75) is 46.0 Å². The minimum atomic E-state index is 0.402. The first kappa shape index (κ1) is 11.5. The highest BCUT2D eigenvalue weighted by molar-refractivity contribution is 5.83. The van der Waals surface area contributed by atoms with E-state index in [1.165, 1.54) is 25.7 Å². The molecule has 2 saturated carbocycles. The van der Waals surface area contributed by atoms with Crippen LogP contribution in [0.25, 0.3) is 0 Å². The molecule has 2 fully saturated rings. The lowest BCUT2D eigenvalue weighted by molar-refractivity contribution is -0.131. The Morgan fingerprint density at radius 3 is 3.00 bits per heavy atom.